The summed E-state index contributed by atoms with van der Waals surface area (Å²) in [6.07, 6.45) is 1.87. The lowest BCUT2D eigenvalue weighted by Crippen LogP contribution is -2.46. The average Bonchev–Trinajstić information content (AvgIpc) is 2.78. The van der Waals surface area contributed by atoms with E-state index in [-0.39, 0.29) is 5.56 Å². The summed E-state index contributed by atoms with van der Waals surface area (Å²) in [5.74, 6) is 0. The minimum atomic E-state index is -0.0368. The second-order valence-electron chi connectivity index (χ2n) is 8.77. The molecule has 0 unspecified atom stereocenters. The molecule has 0 amide bonds. The van der Waals surface area contributed by atoms with Gasteiger partial charge >= 0.3 is 0 Å². The molecule has 3 aromatic rings. The average molecular weight is 449 g/mol. The Hall–Kier alpha value is -2.57. The number of benzene rings is 2. The molecule has 0 bridgehead atoms. The van der Waals surface area contributed by atoms with Crippen LogP contribution in [0.4, 0.5) is 5.69 Å². The lowest BCUT2D eigenvalue weighted by atomic mass is 10.0. The molecule has 1 aromatic heterocycles. The summed E-state index contributed by atoms with van der Waals surface area (Å²) >= 11 is 1.63. The van der Waals surface area contributed by atoms with Crippen LogP contribution in [-0.4, -0.2) is 46.1 Å². The van der Waals surface area contributed by atoms with Crippen LogP contribution in [-0.2, 0) is 6.54 Å². The van der Waals surface area contributed by atoms with Gasteiger partial charge in [-0.1, -0.05) is 55.8 Å². The van der Waals surface area contributed by atoms with Gasteiger partial charge in [-0.25, -0.2) is 0 Å². The molecular weight excluding hydrogens is 416 g/mol. The van der Waals surface area contributed by atoms with Gasteiger partial charge in [0.1, 0.15) is 0 Å². The zero-order chi connectivity index (χ0) is 22.7. The highest BCUT2D eigenvalue weighted by molar-refractivity contribution is 8.00. The highest BCUT2D eigenvalue weighted by Gasteiger charge is 2.23. The standard InChI is InChI=1S/C26H32N4OS/c1-19(2)32-25-24(17-27-30(26(25)31)23-8-6-5-7-9-23)29-14-12-28(13-15-29)18-22-16-20(3)10-11-21(22)4/h5-11,16-17,19H,12-15,18H2,1-4H3. The number of aryl methyl sites for hydroxylation is 2. The Balaban J connectivity index is 1.54. The van der Waals surface area contributed by atoms with E-state index in [4.69, 9.17) is 0 Å². The largest absolute Gasteiger partial charge is 0.367 e. The van der Waals surface area contributed by atoms with Gasteiger partial charge in [0.25, 0.3) is 5.56 Å². The lowest BCUT2D eigenvalue weighted by Gasteiger charge is -2.37. The molecule has 0 saturated carbocycles. The number of hydrogen-bond acceptors (Lipinski definition) is 5. The molecule has 5 nitrogen and oxygen atoms in total. The van der Waals surface area contributed by atoms with Crippen molar-refractivity contribution in [2.24, 2.45) is 0 Å². The fourth-order valence-electron chi connectivity index (χ4n) is 4.11. The highest BCUT2D eigenvalue weighted by Crippen LogP contribution is 2.30. The van der Waals surface area contributed by atoms with E-state index in [1.165, 1.54) is 21.4 Å². The Morgan fingerprint density at radius 2 is 1.72 bits per heavy atom. The van der Waals surface area contributed by atoms with Gasteiger partial charge in [-0.15, -0.1) is 11.8 Å². The minimum Gasteiger partial charge on any atom is -0.367 e. The van der Waals surface area contributed by atoms with E-state index < -0.39 is 0 Å². The summed E-state index contributed by atoms with van der Waals surface area (Å²) in [6.45, 7) is 13.3. The zero-order valence-electron chi connectivity index (χ0n) is 19.4. The van der Waals surface area contributed by atoms with Crippen molar-refractivity contribution in [3.05, 3.63) is 81.8 Å². The van der Waals surface area contributed by atoms with E-state index in [9.17, 15) is 4.79 Å². The van der Waals surface area contributed by atoms with Gasteiger partial charge in [0.2, 0.25) is 0 Å². The smallest absolute Gasteiger partial charge is 0.287 e. The first-order valence-electron chi connectivity index (χ1n) is 11.3. The summed E-state index contributed by atoms with van der Waals surface area (Å²) in [5.41, 5.74) is 5.79. The number of hydrogen-bond donors (Lipinski definition) is 0. The maximum absolute atomic E-state index is 13.4. The van der Waals surface area contributed by atoms with Crippen molar-refractivity contribution < 1.29 is 0 Å². The van der Waals surface area contributed by atoms with Crippen LogP contribution < -0.4 is 10.5 Å². The van der Waals surface area contributed by atoms with Crippen LogP contribution in [0.2, 0.25) is 0 Å². The van der Waals surface area contributed by atoms with Crippen LogP contribution >= 0.6 is 11.8 Å². The fourth-order valence-corrected chi connectivity index (χ4v) is 5.07. The zero-order valence-corrected chi connectivity index (χ0v) is 20.2. The van der Waals surface area contributed by atoms with Gasteiger partial charge in [-0.2, -0.15) is 9.78 Å². The second kappa shape index (κ2) is 9.92. The van der Waals surface area contributed by atoms with Crippen molar-refractivity contribution in [2.75, 3.05) is 31.1 Å². The highest BCUT2D eigenvalue weighted by atomic mass is 32.2. The Morgan fingerprint density at radius 3 is 2.41 bits per heavy atom. The lowest BCUT2D eigenvalue weighted by molar-refractivity contribution is 0.249. The first-order valence-corrected chi connectivity index (χ1v) is 12.2. The third-order valence-corrected chi connectivity index (χ3v) is 6.97. The molecule has 4 rings (SSSR count). The normalized spacial score (nSPS) is 14.8. The third-order valence-electron chi connectivity index (χ3n) is 5.88. The second-order valence-corrected chi connectivity index (χ2v) is 10.4. The minimum absolute atomic E-state index is 0.0368. The summed E-state index contributed by atoms with van der Waals surface area (Å²) in [5, 5.41) is 4.85. The predicted octanol–water partition coefficient (Wildman–Crippen LogP) is 4.67. The maximum Gasteiger partial charge on any atom is 0.287 e. The maximum atomic E-state index is 13.4. The number of para-hydroxylation sites is 1. The Bertz CT molecular complexity index is 1120. The number of nitrogens with zero attached hydrogens (tertiary/aromatic N) is 4. The van der Waals surface area contributed by atoms with E-state index in [1.807, 2.05) is 36.5 Å². The number of anilines is 1. The SMILES string of the molecule is Cc1ccc(C)c(CN2CCN(c3cnn(-c4ccccc4)c(=O)c3SC(C)C)CC2)c1. The van der Waals surface area contributed by atoms with Crippen LogP contribution in [0.25, 0.3) is 5.69 Å². The first kappa shape index (κ1) is 22.6. The van der Waals surface area contributed by atoms with E-state index in [1.54, 1.807) is 11.8 Å². The molecule has 1 aliphatic heterocycles. The van der Waals surface area contributed by atoms with Crippen LogP contribution in [0.3, 0.4) is 0 Å². The molecule has 1 aliphatic rings. The van der Waals surface area contributed by atoms with Gasteiger partial charge in [-0.05, 0) is 37.1 Å². The van der Waals surface area contributed by atoms with Crippen LogP contribution in [0.1, 0.15) is 30.5 Å². The topological polar surface area (TPSA) is 41.4 Å². The number of aromatic nitrogens is 2. The van der Waals surface area contributed by atoms with Gasteiger partial charge in [0, 0.05) is 38.0 Å². The quantitative estimate of drug-likeness (QED) is 0.513. The predicted molar refractivity (Wildman–Crippen MR) is 134 cm³/mol. The van der Waals surface area contributed by atoms with Gasteiger partial charge < -0.3 is 4.90 Å². The molecule has 0 atom stereocenters. The Labute approximate surface area is 195 Å². The molecular formula is C26H32N4OS. The number of thioether (sulfide) groups is 1. The van der Waals surface area contributed by atoms with Crippen LogP contribution in [0, 0.1) is 13.8 Å². The van der Waals surface area contributed by atoms with Crippen molar-refractivity contribution in [3.8, 4) is 5.69 Å². The Morgan fingerprint density at radius 1 is 1.00 bits per heavy atom. The molecule has 0 aliphatic carbocycles. The van der Waals surface area contributed by atoms with Crippen molar-refractivity contribution >= 4 is 17.4 Å². The molecule has 1 saturated heterocycles. The van der Waals surface area contributed by atoms with Crippen molar-refractivity contribution in [2.45, 2.75) is 44.4 Å². The first-order chi connectivity index (χ1) is 15.4. The van der Waals surface area contributed by atoms with Crippen LogP contribution in [0.15, 0.2) is 64.4 Å². The molecule has 6 heteroatoms. The van der Waals surface area contributed by atoms with Crippen molar-refractivity contribution in [1.29, 1.82) is 0 Å². The van der Waals surface area contributed by atoms with Gasteiger partial charge in [0.05, 0.1) is 22.5 Å². The molecule has 1 fully saturated rings. The monoisotopic (exact) mass is 448 g/mol. The third kappa shape index (κ3) is 5.08. The van der Waals surface area contributed by atoms with E-state index >= 15 is 0 Å². The van der Waals surface area contributed by atoms with Gasteiger partial charge in [-0.3, -0.25) is 9.69 Å². The Kier molecular flexibility index (Phi) is 7.01. The molecule has 0 radical (unpaired) electrons. The van der Waals surface area contributed by atoms with Crippen molar-refractivity contribution in [3.63, 3.8) is 0 Å². The summed E-state index contributed by atoms with van der Waals surface area (Å²) in [7, 11) is 0. The fraction of sp³-hybridized carbons (Fsp3) is 0.385. The molecule has 168 valence electrons. The molecule has 2 heterocycles. The molecule has 0 N–H and O–H groups in total. The number of rotatable bonds is 6. The van der Waals surface area contributed by atoms with E-state index in [2.05, 4.69) is 60.8 Å². The van der Waals surface area contributed by atoms with E-state index in [0.29, 0.717) is 5.25 Å². The van der Waals surface area contributed by atoms with E-state index in [0.717, 1.165) is 49.0 Å². The summed E-state index contributed by atoms with van der Waals surface area (Å²) < 4.78 is 1.52. The summed E-state index contributed by atoms with van der Waals surface area (Å²) in [4.78, 5) is 19.0. The van der Waals surface area contributed by atoms with Gasteiger partial charge in [0.15, 0.2) is 0 Å². The molecule has 2 aromatic carbocycles. The summed E-state index contributed by atoms with van der Waals surface area (Å²) in [6, 6.07) is 16.3. The van der Waals surface area contributed by atoms with Crippen molar-refractivity contribution in [1.82, 2.24) is 14.7 Å². The molecule has 32 heavy (non-hydrogen) atoms. The molecule has 0 spiro atoms. The van der Waals surface area contributed by atoms with Crippen LogP contribution in [0.5, 0.6) is 0 Å². The number of piperazine rings is 1.